The molecule has 0 spiro atoms. The number of carbonyl (C=O) groups excluding carboxylic acids is 1. The summed E-state index contributed by atoms with van der Waals surface area (Å²) in [5.74, 6) is -0.218. The lowest BCUT2D eigenvalue weighted by Gasteiger charge is -2.20. The lowest BCUT2D eigenvalue weighted by molar-refractivity contribution is -0.123. The first-order chi connectivity index (χ1) is 8.83. The molecule has 1 fully saturated rings. The average molecular weight is 264 g/mol. The summed E-state index contributed by atoms with van der Waals surface area (Å²) in [5.41, 5.74) is 0.142. The summed E-state index contributed by atoms with van der Waals surface area (Å²) in [6, 6.07) is 1.96. The monoisotopic (exact) mass is 264 g/mol. The van der Waals surface area contributed by atoms with Gasteiger partial charge in [-0.1, -0.05) is 0 Å². The number of rotatable bonds is 4. The summed E-state index contributed by atoms with van der Waals surface area (Å²) in [4.78, 5) is 23.6. The Balaban J connectivity index is 2.00. The second kappa shape index (κ2) is 5.03. The molecule has 0 saturated heterocycles. The van der Waals surface area contributed by atoms with Crippen molar-refractivity contribution in [2.75, 3.05) is 5.32 Å². The van der Waals surface area contributed by atoms with Gasteiger partial charge in [0.2, 0.25) is 5.91 Å². The highest BCUT2D eigenvalue weighted by Crippen LogP contribution is 2.23. The van der Waals surface area contributed by atoms with Gasteiger partial charge in [-0.15, -0.1) is 0 Å². The van der Waals surface area contributed by atoms with E-state index in [0.29, 0.717) is 6.04 Å². The van der Waals surface area contributed by atoms with Gasteiger partial charge in [-0.05, 0) is 33.6 Å². The maximum Gasteiger partial charge on any atom is 0.269 e. The zero-order valence-electron chi connectivity index (χ0n) is 11.6. The Bertz CT molecular complexity index is 526. The maximum atomic E-state index is 11.8. The lowest BCUT2D eigenvalue weighted by Crippen LogP contribution is -2.43. The molecule has 0 atom stereocenters. The van der Waals surface area contributed by atoms with E-state index in [-0.39, 0.29) is 23.6 Å². The van der Waals surface area contributed by atoms with E-state index in [4.69, 9.17) is 0 Å². The SMILES string of the molecule is CC(C)(C)NC(=O)Cn1ncc(NC2CC2)cc1=O. The molecule has 0 aromatic carbocycles. The van der Waals surface area contributed by atoms with E-state index >= 15 is 0 Å². The second-order valence-corrected chi connectivity index (χ2v) is 5.96. The van der Waals surface area contributed by atoms with Crippen LogP contribution < -0.4 is 16.2 Å². The van der Waals surface area contributed by atoms with Gasteiger partial charge in [0, 0.05) is 17.6 Å². The number of carbonyl (C=O) groups is 1. The molecule has 1 aliphatic carbocycles. The second-order valence-electron chi connectivity index (χ2n) is 5.96. The first-order valence-electron chi connectivity index (χ1n) is 6.48. The number of nitrogens with zero attached hydrogens (tertiary/aromatic N) is 2. The Hall–Kier alpha value is -1.85. The molecular formula is C13H20N4O2. The standard InChI is InChI=1S/C13H20N4O2/c1-13(2,3)16-11(18)8-17-12(19)6-10(7-14-17)15-9-4-5-9/h6-7,9,15H,4-5,8H2,1-3H3,(H,16,18). The first kappa shape index (κ1) is 13.6. The van der Waals surface area contributed by atoms with E-state index in [1.54, 1.807) is 6.20 Å². The van der Waals surface area contributed by atoms with Crippen molar-refractivity contribution in [1.29, 1.82) is 0 Å². The summed E-state index contributed by atoms with van der Waals surface area (Å²) in [6.07, 6.45) is 3.86. The predicted molar refractivity (Wildman–Crippen MR) is 73.0 cm³/mol. The molecule has 0 bridgehead atoms. The quantitative estimate of drug-likeness (QED) is 0.840. The third kappa shape index (κ3) is 4.39. The van der Waals surface area contributed by atoms with Crippen molar-refractivity contribution >= 4 is 11.6 Å². The zero-order valence-corrected chi connectivity index (χ0v) is 11.6. The number of anilines is 1. The van der Waals surface area contributed by atoms with E-state index in [1.165, 1.54) is 10.7 Å². The highest BCUT2D eigenvalue weighted by atomic mass is 16.2. The summed E-state index contributed by atoms with van der Waals surface area (Å²) in [7, 11) is 0. The molecule has 1 saturated carbocycles. The lowest BCUT2D eigenvalue weighted by atomic mass is 10.1. The topological polar surface area (TPSA) is 76.0 Å². The minimum absolute atomic E-state index is 0.0557. The first-order valence-corrected chi connectivity index (χ1v) is 6.48. The summed E-state index contributed by atoms with van der Waals surface area (Å²) in [6.45, 7) is 5.62. The van der Waals surface area contributed by atoms with Crippen LogP contribution in [0.2, 0.25) is 0 Å². The van der Waals surface area contributed by atoms with Gasteiger partial charge in [0.1, 0.15) is 6.54 Å². The van der Waals surface area contributed by atoms with Crippen LogP contribution in [-0.4, -0.2) is 27.3 Å². The molecule has 0 aliphatic heterocycles. The summed E-state index contributed by atoms with van der Waals surface area (Å²) in [5, 5.41) is 10.0. The average Bonchev–Trinajstić information content (AvgIpc) is 3.03. The molecule has 1 aromatic rings. The minimum atomic E-state index is -0.311. The van der Waals surface area contributed by atoms with Crippen LogP contribution in [0.4, 0.5) is 5.69 Å². The van der Waals surface area contributed by atoms with Crippen LogP contribution in [-0.2, 0) is 11.3 Å². The zero-order chi connectivity index (χ0) is 14.0. The molecule has 19 heavy (non-hydrogen) atoms. The van der Waals surface area contributed by atoms with Crippen LogP contribution in [0, 0.1) is 0 Å². The van der Waals surface area contributed by atoms with Crippen LogP contribution in [0.15, 0.2) is 17.1 Å². The predicted octanol–water partition coefficient (Wildman–Crippen LogP) is 0.732. The van der Waals surface area contributed by atoms with E-state index in [1.807, 2.05) is 20.8 Å². The Kier molecular flexibility index (Phi) is 3.59. The van der Waals surface area contributed by atoms with Crippen LogP contribution >= 0.6 is 0 Å². The summed E-state index contributed by atoms with van der Waals surface area (Å²) < 4.78 is 1.17. The molecular weight excluding hydrogens is 244 g/mol. The Labute approximate surface area is 112 Å². The Morgan fingerprint density at radius 2 is 2.16 bits per heavy atom. The molecule has 1 aliphatic rings. The highest BCUT2D eigenvalue weighted by molar-refractivity contribution is 5.76. The fourth-order valence-corrected chi connectivity index (χ4v) is 1.69. The van der Waals surface area contributed by atoms with E-state index in [9.17, 15) is 9.59 Å². The molecule has 0 radical (unpaired) electrons. The number of nitrogens with one attached hydrogen (secondary N) is 2. The smallest absolute Gasteiger partial charge is 0.269 e. The molecule has 2 N–H and O–H groups in total. The van der Waals surface area contributed by atoms with Crippen molar-refractivity contribution in [2.45, 2.75) is 51.7 Å². The van der Waals surface area contributed by atoms with Crippen LogP contribution in [0.3, 0.4) is 0 Å². The van der Waals surface area contributed by atoms with Crippen molar-refractivity contribution in [3.05, 3.63) is 22.6 Å². The molecule has 1 heterocycles. The molecule has 104 valence electrons. The fourth-order valence-electron chi connectivity index (χ4n) is 1.69. The van der Waals surface area contributed by atoms with Gasteiger partial charge in [-0.3, -0.25) is 9.59 Å². The Morgan fingerprint density at radius 1 is 1.47 bits per heavy atom. The van der Waals surface area contributed by atoms with Gasteiger partial charge in [0.25, 0.3) is 5.56 Å². The van der Waals surface area contributed by atoms with Crippen molar-refractivity contribution in [1.82, 2.24) is 15.1 Å². The van der Waals surface area contributed by atoms with Crippen LogP contribution in [0.1, 0.15) is 33.6 Å². The van der Waals surface area contributed by atoms with Gasteiger partial charge in [0.15, 0.2) is 0 Å². The maximum absolute atomic E-state index is 11.8. The summed E-state index contributed by atoms with van der Waals surface area (Å²) >= 11 is 0. The molecule has 1 aromatic heterocycles. The van der Waals surface area contributed by atoms with Gasteiger partial charge in [-0.25, -0.2) is 4.68 Å². The molecule has 6 heteroatoms. The third-order valence-corrected chi connectivity index (χ3v) is 2.63. The third-order valence-electron chi connectivity index (χ3n) is 2.63. The van der Waals surface area contributed by atoms with E-state index < -0.39 is 0 Å². The molecule has 1 amide bonds. The fraction of sp³-hybridized carbons (Fsp3) is 0.615. The van der Waals surface area contributed by atoms with Gasteiger partial charge >= 0.3 is 0 Å². The number of amides is 1. The number of aromatic nitrogens is 2. The largest absolute Gasteiger partial charge is 0.381 e. The molecule has 2 rings (SSSR count). The van der Waals surface area contributed by atoms with Crippen molar-refractivity contribution in [2.24, 2.45) is 0 Å². The molecule has 0 unspecified atom stereocenters. The van der Waals surface area contributed by atoms with Gasteiger partial charge < -0.3 is 10.6 Å². The van der Waals surface area contributed by atoms with Gasteiger partial charge in [-0.2, -0.15) is 5.10 Å². The van der Waals surface area contributed by atoms with Crippen molar-refractivity contribution < 1.29 is 4.79 Å². The minimum Gasteiger partial charge on any atom is -0.381 e. The number of hydrogen-bond donors (Lipinski definition) is 2. The van der Waals surface area contributed by atoms with Gasteiger partial charge in [0.05, 0.1) is 11.9 Å². The highest BCUT2D eigenvalue weighted by Gasteiger charge is 2.21. The van der Waals surface area contributed by atoms with Crippen LogP contribution in [0.5, 0.6) is 0 Å². The van der Waals surface area contributed by atoms with E-state index in [0.717, 1.165) is 18.5 Å². The van der Waals surface area contributed by atoms with Crippen LogP contribution in [0.25, 0.3) is 0 Å². The van der Waals surface area contributed by atoms with E-state index in [2.05, 4.69) is 15.7 Å². The Morgan fingerprint density at radius 3 is 2.68 bits per heavy atom. The normalized spacial score (nSPS) is 15.1. The van der Waals surface area contributed by atoms with Crippen molar-refractivity contribution in [3.8, 4) is 0 Å². The number of hydrogen-bond acceptors (Lipinski definition) is 4. The molecule has 6 nitrogen and oxygen atoms in total. The van der Waals surface area contributed by atoms with Crippen molar-refractivity contribution in [3.63, 3.8) is 0 Å².